The van der Waals surface area contributed by atoms with Crippen molar-refractivity contribution in [2.24, 2.45) is 0 Å². The number of carbonyl (C=O) groups is 1. The van der Waals surface area contributed by atoms with E-state index in [1.165, 1.54) is 0 Å². The molecule has 0 aromatic heterocycles. The van der Waals surface area contributed by atoms with Gasteiger partial charge in [0.05, 0.1) is 24.8 Å². The Labute approximate surface area is 120 Å². The molecular formula is C16H20N2O2. The molecule has 0 heterocycles. The molecule has 1 aliphatic rings. The van der Waals surface area contributed by atoms with Gasteiger partial charge in [0.15, 0.2) is 5.78 Å². The van der Waals surface area contributed by atoms with E-state index in [-0.39, 0.29) is 5.78 Å². The Morgan fingerprint density at radius 3 is 2.85 bits per heavy atom. The van der Waals surface area contributed by atoms with Crippen LogP contribution in [0.5, 0.6) is 5.75 Å². The number of rotatable bonds is 8. The van der Waals surface area contributed by atoms with Crippen LogP contribution in [0.2, 0.25) is 0 Å². The molecule has 0 saturated heterocycles. The first-order valence-electron chi connectivity index (χ1n) is 7.12. The molecule has 20 heavy (non-hydrogen) atoms. The van der Waals surface area contributed by atoms with E-state index in [1.54, 1.807) is 0 Å². The topological polar surface area (TPSA) is 53.3 Å². The Morgan fingerprint density at radius 1 is 1.45 bits per heavy atom. The van der Waals surface area contributed by atoms with E-state index in [0.29, 0.717) is 43.5 Å². The van der Waals surface area contributed by atoms with Gasteiger partial charge in [-0.05, 0) is 31.9 Å². The number of nitrogens with zero attached hydrogens (tertiary/aromatic N) is 2. The van der Waals surface area contributed by atoms with Gasteiger partial charge in [-0.2, -0.15) is 5.26 Å². The molecule has 0 amide bonds. The van der Waals surface area contributed by atoms with Crippen molar-refractivity contribution in [1.29, 1.82) is 5.26 Å². The van der Waals surface area contributed by atoms with Crippen molar-refractivity contribution in [3.63, 3.8) is 0 Å². The Kier molecular flexibility index (Phi) is 5.14. The van der Waals surface area contributed by atoms with E-state index in [9.17, 15) is 4.79 Å². The normalized spacial score (nSPS) is 14.1. The molecule has 2 rings (SSSR count). The molecule has 0 N–H and O–H groups in total. The zero-order valence-electron chi connectivity index (χ0n) is 11.8. The third-order valence-corrected chi connectivity index (χ3v) is 3.41. The van der Waals surface area contributed by atoms with Crippen molar-refractivity contribution in [3.05, 3.63) is 29.8 Å². The molecule has 1 fully saturated rings. The summed E-state index contributed by atoms with van der Waals surface area (Å²) in [5, 5.41) is 8.70. The molecule has 1 saturated carbocycles. The maximum atomic E-state index is 12.4. The number of para-hydroxylation sites is 1. The van der Waals surface area contributed by atoms with Gasteiger partial charge in [-0.25, -0.2) is 0 Å². The molecule has 0 radical (unpaired) electrons. The van der Waals surface area contributed by atoms with Gasteiger partial charge in [0, 0.05) is 19.0 Å². The fourth-order valence-electron chi connectivity index (χ4n) is 2.27. The predicted molar refractivity (Wildman–Crippen MR) is 76.8 cm³/mol. The van der Waals surface area contributed by atoms with Gasteiger partial charge in [-0.3, -0.25) is 9.69 Å². The zero-order chi connectivity index (χ0) is 14.4. The molecule has 106 valence electrons. The Balaban J connectivity index is 2.04. The minimum atomic E-state index is 0.0684. The number of hydrogen-bond acceptors (Lipinski definition) is 4. The summed E-state index contributed by atoms with van der Waals surface area (Å²) in [5.41, 5.74) is 0.636. The minimum Gasteiger partial charge on any atom is -0.493 e. The number of ketones is 1. The monoisotopic (exact) mass is 272 g/mol. The van der Waals surface area contributed by atoms with Crippen LogP contribution in [0.4, 0.5) is 0 Å². The van der Waals surface area contributed by atoms with Crippen LogP contribution in [0.1, 0.15) is 36.5 Å². The maximum Gasteiger partial charge on any atom is 0.180 e. The summed E-state index contributed by atoms with van der Waals surface area (Å²) in [5.74, 6) is 0.718. The molecule has 4 nitrogen and oxygen atoms in total. The quantitative estimate of drug-likeness (QED) is 0.683. The molecule has 1 aliphatic carbocycles. The molecule has 4 heteroatoms. The van der Waals surface area contributed by atoms with Gasteiger partial charge in [-0.1, -0.05) is 12.1 Å². The lowest BCUT2D eigenvalue weighted by Crippen LogP contribution is -2.33. The van der Waals surface area contributed by atoms with Crippen molar-refractivity contribution < 1.29 is 9.53 Å². The molecule has 0 bridgehead atoms. The van der Waals surface area contributed by atoms with E-state index in [0.717, 1.165) is 12.8 Å². The Hall–Kier alpha value is -1.86. The van der Waals surface area contributed by atoms with Crippen LogP contribution in [0.3, 0.4) is 0 Å². The highest BCUT2D eigenvalue weighted by atomic mass is 16.5. The van der Waals surface area contributed by atoms with Crippen molar-refractivity contribution in [1.82, 2.24) is 4.90 Å². The van der Waals surface area contributed by atoms with E-state index in [2.05, 4.69) is 11.0 Å². The lowest BCUT2D eigenvalue weighted by atomic mass is 10.1. The fraction of sp³-hybridized carbons (Fsp3) is 0.500. The van der Waals surface area contributed by atoms with Crippen LogP contribution >= 0.6 is 0 Å². The highest BCUT2D eigenvalue weighted by molar-refractivity contribution is 6.00. The van der Waals surface area contributed by atoms with E-state index in [1.807, 2.05) is 31.2 Å². The summed E-state index contributed by atoms with van der Waals surface area (Å²) in [6.45, 7) is 3.50. The third-order valence-electron chi connectivity index (χ3n) is 3.41. The van der Waals surface area contributed by atoms with E-state index in [4.69, 9.17) is 10.00 Å². The number of carbonyl (C=O) groups excluding carboxylic acids is 1. The summed E-state index contributed by atoms with van der Waals surface area (Å²) in [6.07, 6.45) is 2.73. The van der Waals surface area contributed by atoms with Crippen LogP contribution in [0.15, 0.2) is 24.3 Å². The number of hydrogen-bond donors (Lipinski definition) is 0. The SMILES string of the molecule is CCOc1ccccc1C(=O)CN(CCC#N)C1CC1. The van der Waals surface area contributed by atoms with Crippen LogP contribution in [-0.2, 0) is 0 Å². The van der Waals surface area contributed by atoms with Crippen molar-refractivity contribution in [2.45, 2.75) is 32.2 Å². The van der Waals surface area contributed by atoms with Gasteiger partial charge in [-0.15, -0.1) is 0 Å². The molecule has 1 aromatic rings. The van der Waals surface area contributed by atoms with Gasteiger partial charge in [0.2, 0.25) is 0 Å². The summed E-state index contributed by atoms with van der Waals surface area (Å²) >= 11 is 0. The summed E-state index contributed by atoms with van der Waals surface area (Å²) in [7, 11) is 0. The summed E-state index contributed by atoms with van der Waals surface area (Å²) < 4.78 is 5.51. The molecule has 0 atom stereocenters. The first-order valence-corrected chi connectivity index (χ1v) is 7.12. The van der Waals surface area contributed by atoms with Gasteiger partial charge in [0.25, 0.3) is 0 Å². The van der Waals surface area contributed by atoms with E-state index >= 15 is 0 Å². The molecule has 0 unspecified atom stereocenters. The van der Waals surface area contributed by atoms with Crippen molar-refractivity contribution in [2.75, 3.05) is 19.7 Å². The maximum absolute atomic E-state index is 12.4. The van der Waals surface area contributed by atoms with Crippen LogP contribution in [0, 0.1) is 11.3 Å². The average molecular weight is 272 g/mol. The highest BCUT2D eigenvalue weighted by Crippen LogP contribution is 2.28. The first kappa shape index (κ1) is 14.5. The van der Waals surface area contributed by atoms with Crippen LogP contribution < -0.4 is 4.74 Å². The second-order valence-electron chi connectivity index (χ2n) is 4.96. The number of Topliss-reactive ketones (excluding diaryl/α,β-unsaturated/α-hetero) is 1. The molecule has 0 aliphatic heterocycles. The third kappa shape index (κ3) is 3.82. The highest BCUT2D eigenvalue weighted by Gasteiger charge is 2.30. The second-order valence-corrected chi connectivity index (χ2v) is 4.96. The fourth-order valence-corrected chi connectivity index (χ4v) is 2.27. The first-order chi connectivity index (χ1) is 9.76. The number of benzene rings is 1. The summed E-state index contributed by atoms with van der Waals surface area (Å²) in [4.78, 5) is 14.6. The minimum absolute atomic E-state index is 0.0684. The smallest absolute Gasteiger partial charge is 0.180 e. The molecule has 1 aromatic carbocycles. The standard InChI is InChI=1S/C16H20N2O2/c1-2-20-16-7-4-3-6-14(16)15(19)12-18(11-5-10-17)13-8-9-13/h3-4,6-7,13H,2,5,8-9,11-12H2,1H3. The number of ether oxygens (including phenoxy) is 1. The Bertz CT molecular complexity index is 503. The van der Waals surface area contributed by atoms with Gasteiger partial charge in [0.1, 0.15) is 5.75 Å². The zero-order valence-corrected chi connectivity index (χ0v) is 11.8. The van der Waals surface area contributed by atoms with E-state index < -0.39 is 0 Å². The second kappa shape index (κ2) is 7.06. The van der Waals surface area contributed by atoms with Crippen LogP contribution in [0.25, 0.3) is 0 Å². The number of nitriles is 1. The lowest BCUT2D eigenvalue weighted by Gasteiger charge is -2.20. The van der Waals surface area contributed by atoms with Crippen molar-refractivity contribution in [3.8, 4) is 11.8 Å². The summed E-state index contributed by atoms with van der Waals surface area (Å²) in [6, 6.07) is 9.99. The van der Waals surface area contributed by atoms with Gasteiger partial charge >= 0.3 is 0 Å². The largest absolute Gasteiger partial charge is 0.493 e. The molecular weight excluding hydrogens is 252 g/mol. The van der Waals surface area contributed by atoms with Crippen LogP contribution in [-0.4, -0.2) is 36.4 Å². The molecule has 0 spiro atoms. The lowest BCUT2D eigenvalue weighted by molar-refractivity contribution is 0.0922. The average Bonchev–Trinajstić information content (AvgIpc) is 3.28. The van der Waals surface area contributed by atoms with Crippen molar-refractivity contribution >= 4 is 5.78 Å². The van der Waals surface area contributed by atoms with Gasteiger partial charge < -0.3 is 4.74 Å². The Morgan fingerprint density at radius 2 is 2.20 bits per heavy atom. The predicted octanol–water partition coefficient (Wildman–Crippen LogP) is 2.65.